The van der Waals surface area contributed by atoms with Gasteiger partial charge in [-0.1, -0.05) is 79.4 Å². The molecule has 0 amide bonds. The maximum absolute atomic E-state index is 11.3. The van der Waals surface area contributed by atoms with Crippen LogP contribution in [0.25, 0.3) is 0 Å². The molecule has 29 heavy (non-hydrogen) atoms. The lowest BCUT2D eigenvalue weighted by Gasteiger charge is -2.60. The number of fused-ring (bicyclic) bond motifs is 5. The minimum absolute atomic E-state index is 0.0770. The van der Waals surface area contributed by atoms with E-state index in [-0.39, 0.29) is 6.10 Å². The molecule has 1 nitrogen and oxygen atoms in total. The Morgan fingerprint density at radius 3 is 2.41 bits per heavy atom. The van der Waals surface area contributed by atoms with Crippen LogP contribution in [0.3, 0.4) is 0 Å². The van der Waals surface area contributed by atoms with Gasteiger partial charge < -0.3 is 5.11 Å². The fourth-order valence-electron chi connectivity index (χ4n) is 9.35. The summed E-state index contributed by atoms with van der Waals surface area (Å²) in [5, 5.41) is 11.3. The molecule has 0 unspecified atom stereocenters. The number of allylic oxidation sites excluding steroid dienone is 2. The molecule has 0 spiro atoms. The molecule has 0 bridgehead atoms. The highest BCUT2D eigenvalue weighted by atomic mass is 16.3. The van der Waals surface area contributed by atoms with Crippen LogP contribution in [-0.4, -0.2) is 11.2 Å². The van der Waals surface area contributed by atoms with Gasteiger partial charge in [0, 0.05) is 0 Å². The van der Waals surface area contributed by atoms with E-state index in [1.54, 1.807) is 5.57 Å². The van der Waals surface area contributed by atoms with Gasteiger partial charge in [0.1, 0.15) is 0 Å². The summed E-state index contributed by atoms with van der Waals surface area (Å²) in [4.78, 5) is 0. The van der Waals surface area contributed by atoms with E-state index in [1.807, 2.05) is 0 Å². The van der Waals surface area contributed by atoms with Crippen LogP contribution in [0.5, 0.6) is 0 Å². The molecule has 0 heterocycles. The molecule has 4 aliphatic carbocycles. The third-order valence-corrected chi connectivity index (χ3v) is 10.6. The fraction of sp³-hybridized carbons (Fsp3) is 0.929. The molecule has 0 aromatic heterocycles. The number of aliphatic hydroxyl groups excluding tert-OH is 1. The molecule has 0 aliphatic heterocycles. The van der Waals surface area contributed by atoms with Crippen molar-refractivity contribution in [3.63, 3.8) is 0 Å². The molecule has 0 aromatic rings. The Morgan fingerprint density at radius 1 is 1.00 bits per heavy atom. The van der Waals surface area contributed by atoms with Crippen LogP contribution >= 0.6 is 0 Å². The van der Waals surface area contributed by atoms with Gasteiger partial charge in [0.25, 0.3) is 0 Å². The molecule has 3 saturated carbocycles. The number of hydrogen-bond donors (Lipinski definition) is 1. The van der Waals surface area contributed by atoms with E-state index < -0.39 is 0 Å². The molecule has 4 rings (SSSR count). The summed E-state index contributed by atoms with van der Waals surface area (Å²) in [6, 6.07) is 0. The Kier molecular flexibility index (Phi) is 5.58. The average Bonchev–Trinajstić information content (AvgIpc) is 2.89. The first kappa shape index (κ1) is 21.9. The van der Waals surface area contributed by atoms with Gasteiger partial charge in [-0.3, -0.25) is 0 Å². The summed E-state index contributed by atoms with van der Waals surface area (Å²) < 4.78 is 0. The molecule has 1 N–H and O–H groups in total. The van der Waals surface area contributed by atoms with E-state index in [9.17, 15) is 5.11 Å². The topological polar surface area (TPSA) is 20.2 Å². The molecule has 166 valence electrons. The smallest absolute Gasteiger partial charge is 0.0579 e. The molecule has 3 fully saturated rings. The summed E-state index contributed by atoms with van der Waals surface area (Å²) in [7, 11) is 0. The number of aliphatic hydroxyl groups is 1. The first-order chi connectivity index (χ1) is 13.5. The van der Waals surface area contributed by atoms with Crippen LogP contribution in [-0.2, 0) is 0 Å². The zero-order valence-electron chi connectivity index (χ0n) is 20.4. The Hall–Kier alpha value is -0.300. The summed E-state index contributed by atoms with van der Waals surface area (Å²) in [5.41, 5.74) is 2.95. The molecule has 8 atom stereocenters. The fourth-order valence-corrected chi connectivity index (χ4v) is 9.35. The molecule has 0 radical (unpaired) electrons. The van der Waals surface area contributed by atoms with Crippen LogP contribution in [0.1, 0.15) is 106 Å². The summed E-state index contributed by atoms with van der Waals surface area (Å²) in [6.45, 7) is 17.3. The van der Waals surface area contributed by atoms with E-state index >= 15 is 0 Å². The van der Waals surface area contributed by atoms with Crippen molar-refractivity contribution in [2.24, 2.45) is 51.8 Å². The Morgan fingerprint density at radius 2 is 1.72 bits per heavy atom. The van der Waals surface area contributed by atoms with Crippen molar-refractivity contribution >= 4 is 0 Å². The molecule has 4 aliphatic rings. The van der Waals surface area contributed by atoms with Crippen molar-refractivity contribution < 1.29 is 5.11 Å². The van der Waals surface area contributed by atoms with Crippen LogP contribution < -0.4 is 0 Å². The molecule has 0 saturated heterocycles. The molecule has 1 heteroatoms. The zero-order chi connectivity index (χ0) is 21.2. The quantitative estimate of drug-likeness (QED) is 0.481. The van der Waals surface area contributed by atoms with Gasteiger partial charge in [0.15, 0.2) is 0 Å². The monoisotopic (exact) mass is 400 g/mol. The average molecular weight is 401 g/mol. The second kappa shape index (κ2) is 7.39. The van der Waals surface area contributed by atoms with Crippen molar-refractivity contribution in [3.8, 4) is 0 Å². The first-order valence-electron chi connectivity index (χ1n) is 12.9. The Labute approximate surface area is 181 Å². The predicted octanol–water partition coefficient (Wildman–Crippen LogP) is 7.63. The van der Waals surface area contributed by atoms with Crippen molar-refractivity contribution in [1.29, 1.82) is 0 Å². The predicted molar refractivity (Wildman–Crippen MR) is 124 cm³/mol. The third-order valence-electron chi connectivity index (χ3n) is 10.6. The van der Waals surface area contributed by atoms with Crippen molar-refractivity contribution in [3.05, 3.63) is 11.6 Å². The van der Waals surface area contributed by atoms with E-state index in [4.69, 9.17) is 0 Å². The highest BCUT2D eigenvalue weighted by molar-refractivity contribution is 5.29. The van der Waals surface area contributed by atoms with E-state index in [0.717, 1.165) is 30.1 Å². The second-order valence-electron chi connectivity index (χ2n) is 13.2. The third kappa shape index (κ3) is 3.37. The van der Waals surface area contributed by atoms with Crippen LogP contribution in [0.2, 0.25) is 0 Å². The van der Waals surface area contributed by atoms with Gasteiger partial charge in [0.2, 0.25) is 0 Å². The lowest BCUT2D eigenvalue weighted by atomic mass is 9.44. The van der Waals surface area contributed by atoms with Crippen molar-refractivity contribution in [2.75, 3.05) is 0 Å². The highest BCUT2D eigenvalue weighted by Gasteiger charge is 2.62. The van der Waals surface area contributed by atoms with Gasteiger partial charge in [-0.05, 0) is 90.3 Å². The van der Waals surface area contributed by atoms with Gasteiger partial charge >= 0.3 is 0 Å². The van der Waals surface area contributed by atoms with Gasteiger partial charge in [-0.15, -0.1) is 0 Å². The van der Waals surface area contributed by atoms with Crippen LogP contribution in [0.15, 0.2) is 11.6 Å². The maximum Gasteiger partial charge on any atom is 0.0579 e. The summed E-state index contributed by atoms with van der Waals surface area (Å²) in [5.74, 6) is 4.30. The normalized spacial score (nSPS) is 47.2. The molecular formula is C28H48O. The van der Waals surface area contributed by atoms with Crippen molar-refractivity contribution in [2.45, 2.75) is 112 Å². The summed E-state index contributed by atoms with van der Waals surface area (Å²) >= 11 is 0. The largest absolute Gasteiger partial charge is 0.393 e. The minimum atomic E-state index is -0.0770. The van der Waals surface area contributed by atoms with Crippen LogP contribution in [0, 0.1) is 51.8 Å². The van der Waals surface area contributed by atoms with E-state index in [0.29, 0.717) is 28.1 Å². The first-order valence-corrected chi connectivity index (χ1v) is 12.9. The summed E-state index contributed by atoms with van der Waals surface area (Å²) in [6.07, 6.45) is 14.4. The standard InChI is InChI=1S/C28H48O/c1-18(2)9-10-19(3)25-23(29)17-22-20-11-12-24-26(4,5)14-8-15-27(24,6)21(20)13-16-28(22,25)7/h12,18-23,25,29H,8-11,13-17H2,1-7H3/t19-,20-,21+,22+,23+,25+,27-,28+/m1/s1. The SMILES string of the molecule is CC(C)CC[C@@H](C)[C@H]1[C@@H](O)C[C@H]2[C@@H]3CC=C4C(C)(C)CCC[C@]4(C)[C@H]3CC[C@]12C. The molecular weight excluding hydrogens is 352 g/mol. The van der Waals surface area contributed by atoms with E-state index in [2.05, 4.69) is 54.5 Å². The van der Waals surface area contributed by atoms with Gasteiger partial charge in [-0.25, -0.2) is 0 Å². The number of rotatable bonds is 4. The Balaban J connectivity index is 1.61. The maximum atomic E-state index is 11.3. The second-order valence-corrected chi connectivity index (χ2v) is 13.2. The zero-order valence-corrected chi connectivity index (χ0v) is 20.4. The lowest BCUT2D eigenvalue weighted by molar-refractivity contribution is -0.0628. The molecule has 0 aromatic carbocycles. The Bertz CT molecular complexity index is 645. The van der Waals surface area contributed by atoms with Crippen molar-refractivity contribution in [1.82, 2.24) is 0 Å². The highest BCUT2D eigenvalue weighted by Crippen LogP contribution is 2.68. The van der Waals surface area contributed by atoms with Gasteiger partial charge in [-0.2, -0.15) is 0 Å². The van der Waals surface area contributed by atoms with Crippen LogP contribution in [0.4, 0.5) is 0 Å². The van der Waals surface area contributed by atoms with E-state index in [1.165, 1.54) is 51.4 Å². The lowest BCUT2D eigenvalue weighted by Crippen LogP contribution is -2.52. The minimum Gasteiger partial charge on any atom is -0.393 e. The van der Waals surface area contributed by atoms with Gasteiger partial charge in [0.05, 0.1) is 6.10 Å². The number of hydrogen-bond acceptors (Lipinski definition) is 1.